The number of carbonyl (C=O) groups excluding carboxylic acids is 3. The van der Waals surface area contributed by atoms with Gasteiger partial charge in [0.15, 0.2) is 0 Å². The Bertz CT molecular complexity index is 647. The lowest BCUT2D eigenvalue weighted by molar-refractivity contribution is -0.181. The molecule has 5 nitrogen and oxygen atoms in total. The smallest absolute Gasteiger partial charge is 0.302 e. The number of ether oxygens (including phenoxy) is 2. The molecule has 0 bridgehead atoms. The average Bonchev–Trinajstić information content (AvgIpc) is 2.51. The van der Waals surface area contributed by atoms with Crippen molar-refractivity contribution in [2.45, 2.75) is 86.2 Å². The van der Waals surface area contributed by atoms with Gasteiger partial charge in [-0.3, -0.25) is 14.4 Å². The molecular weight excluding hydrogens is 356 g/mol. The highest BCUT2D eigenvalue weighted by Crippen LogP contribution is 2.60. The van der Waals surface area contributed by atoms with Crippen molar-refractivity contribution >= 4 is 17.7 Å². The van der Waals surface area contributed by atoms with Crippen LogP contribution in [-0.2, 0) is 23.9 Å². The fraction of sp³-hybridized carbons (Fsp3) is 0.783. The van der Waals surface area contributed by atoms with Gasteiger partial charge in [-0.1, -0.05) is 32.8 Å². The van der Waals surface area contributed by atoms with Gasteiger partial charge in [0, 0.05) is 32.1 Å². The third-order valence-electron chi connectivity index (χ3n) is 6.91. The first-order valence-electron chi connectivity index (χ1n) is 10.5. The standard InChI is InChI=1S/C23H36O5/c1-15(10-13-27-16(2)24)8-9-18-19(26)14-20(28-17(3)25)21-22(4,5)11-7-12-23(18,21)6/h10,18,20-21H,7-9,11-14H2,1-6H3. The van der Waals surface area contributed by atoms with Crippen LogP contribution in [0.2, 0.25) is 0 Å². The Balaban J connectivity index is 2.19. The van der Waals surface area contributed by atoms with Crippen LogP contribution in [0.25, 0.3) is 0 Å². The Morgan fingerprint density at radius 1 is 1.11 bits per heavy atom. The summed E-state index contributed by atoms with van der Waals surface area (Å²) in [6, 6.07) is 0. The number of fused-ring (bicyclic) bond motifs is 1. The second-order valence-electron chi connectivity index (χ2n) is 9.59. The molecule has 2 fully saturated rings. The summed E-state index contributed by atoms with van der Waals surface area (Å²) in [5.41, 5.74) is 1.01. The molecule has 0 N–H and O–H groups in total. The number of rotatable bonds is 6. The number of hydrogen-bond donors (Lipinski definition) is 0. The maximum atomic E-state index is 13.1. The Kier molecular flexibility index (Phi) is 7.11. The number of Topliss-reactive ketones (excluding diaryl/α,β-unsaturated/α-hetero) is 1. The van der Waals surface area contributed by atoms with Gasteiger partial charge in [-0.05, 0) is 49.5 Å². The predicted molar refractivity (Wildman–Crippen MR) is 108 cm³/mol. The van der Waals surface area contributed by atoms with Crippen molar-refractivity contribution in [1.82, 2.24) is 0 Å². The van der Waals surface area contributed by atoms with Gasteiger partial charge in [0.2, 0.25) is 0 Å². The van der Waals surface area contributed by atoms with Crippen LogP contribution >= 0.6 is 0 Å². The minimum Gasteiger partial charge on any atom is -0.462 e. The van der Waals surface area contributed by atoms with E-state index in [4.69, 9.17) is 9.47 Å². The number of hydrogen-bond acceptors (Lipinski definition) is 5. The molecule has 0 saturated heterocycles. The summed E-state index contributed by atoms with van der Waals surface area (Å²) >= 11 is 0. The summed E-state index contributed by atoms with van der Waals surface area (Å²) in [5, 5.41) is 0. The van der Waals surface area contributed by atoms with Crippen molar-refractivity contribution in [3.05, 3.63) is 11.6 Å². The molecule has 28 heavy (non-hydrogen) atoms. The van der Waals surface area contributed by atoms with Gasteiger partial charge in [0.1, 0.15) is 18.5 Å². The molecule has 0 aromatic rings. The highest BCUT2D eigenvalue weighted by Gasteiger charge is 2.59. The zero-order valence-electron chi connectivity index (χ0n) is 18.3. The molecule has 158 valence electrons. The summed E-state index contributed by atoms with van der Waals surface area (Å²) in [6.07, 6.45) is 6.69. The van der Waals surface area contributed by atoms with E-state index in [9.17, 15) is 14.4 Å². The fourth-order valence-electron chi connectivity index (χ4n) is 5.86. The Morgan fingerprint density at radius 3 is 2.39 bits per heavy atom. The zero-order chi connectivity index (χ0) is 21.1. The molecular formula is C23H36O5. The van der Waals surface area contributed by atoms with Crippen LogP contribution in [0.3, 0.4) is 0 Å². The van der Waals surface area contributed by atoms with Gasteiger partial charge in [0.25, 0.3) is 0 Å². The first kappa shape index (κ1) is 22.6. The first-order chi connectivity index (χ1) is 13.0. The number of carbonyl (C=O) groups is 3. The largest absolute Gasteiger partial charge is 0.462 e. The van der Waals surface area contributed by atoms with Gasteiger partial charge in [-0.25, -0.2) is 0 Å². The van der Waals surface area contributed by atoms with E-state index in [1.807, 2.05) is 13.0 Å². The monoisotopic (exact) mass is 392 g/mol. The van der Waals surface area contributed by atoms with E-state index < -0.39 is 0 Å². The number of ketones is 1. The predicted octanol–water partition coefficient (Wildman–Crippen LogP) is 4.63. The molecule has 0 heterocycles. The van der Waals surface area contributed by atoms with Crippen molar-refractivity contribution in [3.8, 4) is 0 Å². The summed E-state index contributed by atoms with van der Waals surface area (Å²) in [7, 11) is 0. The molecule has 0 radical (unpaired) electrons. The van der Waals surface area contributed by atoms with E-state index in [0.29, 0.717) is 6.42 Å². The summed E-state index contributed by atoms with van der Waals surface area (Å²) < 4.78 is 10.6. The van der Waals surface area contributed by atoms with Crippen LogP contribution in [0.5, 0.6) is 0 Å². The number of esters is 2. The van der Waals surface area contributed by atoms with Gasteiger partial charge in [0.05, 0.1) is 0 Å². The molecule has 0 aromatic carbocycles. The number of allylic oxidation sites excluding steroid dienone is 1. The highest BCUT2D eigenvalue weighted by molar-refractivity contribution is 5.84. The molecule has 4 unspecified atom stereocenters. The van der Waals surface area contributed by atoms with Crippen LogP contribution in [0.15, 0.2) is 11.6 Å². The molecule has 0 spiro atoms. The molecule has 0 amide bonds. The van der Waals surface area contributed by atoms with Crippen molar-refractivity contribution < 1.29 is 23.9 Å². The molecule has 4 atom stereocenters. The van der Waals surface area contributed by atoms with E-state index in [0.717, 1.165) is 37.7 Å². The quantitative estimate of drug-likeness (QED) is 0.487. The lowest BCUT2D eigenvalue weighted by Crippen LogP contribution is -2.58. The average molecular weight is 393 g/mol. The van der Waals surface area contributed by atoms with E-state index >= 15 is 0 Å². The van der Waals surface area contributed by atoms with E-state index in [1.165, 1.54) is 13.8 Å². The summed E-state index contributed by atoms with van der Waals surface area (Å²) in [6.45, 7) is 11.9. The lowest BCUT2D eigenvalue weighted by Gasteiger charge is -2.58. The molecule has 0 aliphatic heterocycles. The lowest BCUT2D eigenvalue weighted by atomic mass is 9.46. The van der Waals surface area contributed by atoms with Crippen LogP contribution in [-0.4, -0.2) is 30.4 Å². The van der Waals surface area contributed by atoms with Gasteiger partial charge < -0.3 is 9.47 Å². The second kappa shape index (κ2) is 8.79. The Hall–Kier alpha value is -1.65. The van der Waals surface area contributed by atoms with Gasteiger partial charge >= 0.3 is 11.9 Å². The van der Waals surface area contributed by atoms with Crippen LogP contribution < -0.4 is 0 Å². The Morgan fingerprint density at radius 2 is 1.79 bits per heavy atom. The molecule has 2 aliphatic carbocycles. The fourth-order valence-corrected chi connectivity index (χ4v) is 5.86. The maximum Gasteiger partial charge on any atom is 0.302 e. The third kappa shape index (κ3) is 5.03. The van der Waals surface area contributed by atoms with Crippen LogP contribution in [0, 0.1) is 22.7 Å². The molecule has 2 aliphatic rings. The van der Waals surface area contributed by atoms with E-state index in [2.05, 4.69) is 20.8 Å². The maximum absolute atomic E-state index is 13.1. The second-order valence-corrected chi connectivity index (χ2v) is 9.59. The molecule has 2 rings (SSSR count). The topological polar surface area (TPSA) is 69.7 Å². The van der Waals surface area contributed by atoms with Crippen LogP contribution in [0.4, 0.5) is 0 Å². The summed E-state index contributed by atoms with van der Waals surface area (Å²) in [5.74, 6) is -0.214. The van der Waals surface area contributed by atoms with Crippen molar-refractivity contribution in [2.75, 3.05) is 6.61 Å². The van der Waals surface area contributed by atoms with Crippen molar-refractivity contribution in [3.63, 3.8) is 0 Å². The van der Waals surface area contributed by atoms with Crippen molar-refractivity contribution in [2.24, 2.45) is 22.7 Å². The third-order valence-corrected chi connectivity index (χ3v) is 6.91. The van der Waals surface area contributed by atoms with E-state index in [-0.39, 0.29) is 53.1 Å². The molecule has 5 heteroatoms. The zero-order valence-corrected chi connectivity index (χ0v) is 18.3. The van der Waals surface area contributed by atoms with E-state index in [1.54, 1.807) is 0 Å². The Labute approximate surface area is 169 Å². The minimum atomic E-state index is -0.317. The molecule has 2 saturated carbocycles. The molecule has 0 aromatic heterocycles. The van der Waals surface area contributed by atoms with Crippen LogP contribution in [0.1, 0.15) is 80.1 Å². The first-order valence-corrected chi connectivity index (χ1v) is 10.5. The highest BCUT2D eigenvalue weighted by atomic mass is 16.5. The van der Waals surface area contributed by atoms with Gasteiger partial charge in [-0.15, -0.1) is 0 Å². The normalized spacial score (nSPS) is 32.4. The van der Waals surface area contributed by atoms with Gasteiger partial charge in [-0.2, -0.15) is 0 Å². The SMILES string of the molecule is CC(=O)OCC=C(C)CCC1C(=O)CC(OC(C)=O)C2C(C)(C)CCCC12C. The van der Waals surface area contributed by atoms with Crippen molar-refractivity contribution in [1.29, 1.82) is 0 Å². The summed E-state index contributed by atoms with van der Waals surface area (Å²) in [4.78, 5) is 35.7. The minimum absolute atomic E-state index is 0.0269.